The molecule has 2 aromatic carbocycles. The molecule has 0 aliphatic carbocycles. The van der Waals surface area contributed by atoms with Crippen molar-refractivity contribution in [3.8, 4) is 0 Å². The van der Waals surface area contributed by atoms with E-state index in [4.69, 9.17) is 11.6 Å². The number of carbonyl (C=O) groups is 1. The first kappa shape index (κ1) is 15.7. The molecule has 3 nitrogen and oxygen atoms in total. The van der Waals surface area contributed by atoms with Crippen LogP contribution in [0, 0.1) is 5.82 Å². The Kier molecular flexibility index (Phi) is 4.44. The van der Waals surface area contributed by atoms with Crippen LogP contribution in [0.1, 0.15) is 24.5 Å². The number of rotatable bonds is 3. The molecule has 0 bridgehead atoms. The van der Waals surface area contributed by atoms with Crippen molar-refractivity contribution in [2.24, 2.45) is 4.99 Å². The van der Waals surface area contributed by atoms with Crippen LogP contribution in [-0.2, 0) is 4.79 Å². The second kappa shape index (κ2) is 6.50. The Balaban J connectivity index is 2.22. The predicted octanol–water partition coefficient (Wildman–Crippen LogP) is 4.07. The summed E-state index contributed by atoms with van der Waals surface area (Å²) in [4.78, 5) is 18.5. The van der Waals surface area contributed by atoms with Crippen molar-refractivity contribution in [1.29, 1.82) is 0 Å². The van der Waals surface area contributed by atoms with E-state index in [0.29, 0.717) is 28.4 Å². The molecule has 2 aromatic rings. The summed E-state index contributed by atoms with van der Waals surface area (Å²) in [6, 6.07) is 11.7. The van der Waals surface area contributed by atoms with Gasteiger partial charge < -0.3 is 4.90 Å². The van der Waals surface area contributed by atoms with Crippen LogP contribution in [0.5, 0.6) is 0 Å². The smallest absolute Gasteiger partial charge is 0.248 e. The zero-order chi connectivity index (χ0) is 16.4. The van der Waals surface area contributed by atoms with Crippen molar-refractivity contribution in [2.75, 3.05) is 18.0 Å². The molecule has 1 aliphatic heterocycles. The predicted molar refractivity (Wildman–Crippen MR) is 91.0 cm³/mol. The Morgan fingerprint density at radius 2 is 2.00 bits per heavy atom. The third kappa shape index (κ3) is 2.99. The van der Waals surface area contributed by atoms with Crippen LogP contribution in [0.25, 0.3) is 0 Å². The van der Waals surface area contributed by atoms with Crippen molar-refractivity contribution >= 4 is 28.9 Å². The number of fused-ring (bicyclic) bond motifs is 1. The molecule has 23 heavy (non-hydrogen) atoms. The minimum atomic E-state index is -0.367. The first-order valence-electron chi connectivity index (χ1n) is 7.51. The number of anilines is 1. The van der Waals surface area contributed by atoms with E-state index in [0.717, 1.165) is 12.1 Å². The summed E-state index contributed by atoms with van der Waals surface area (Å²) in [6.45, 7) is 2.59. The van der Waals surface area contributed by atoms with Crippen LogP contribution < -0.4 is 4.90 Å². The monoisotopic (exact) mass is 330 g/mol. The Morgan fingerprint density at radius 3 is 2.74 bits per heavy atom. The molecular formula is C18H16ClFN2O. The van der Waals surface area contributed by atoms with Gasteiger partial charge in [-0.2, -0.15) is 0 Å². The number of benzodiazepines with no additional fused rings is 1. The van der Waals surface area contributed by atoms with Crippen LogP contribution in [-0.4, -0.2) is 24.7 Å². The summed E-state index contributed by atoms with van der Waals surface area (Å²) in [5.74, 6) is -0.463. The molecule has 1 amide bonds. The Morgan fingerprint density at radius 1 is 1.22 bits per heavy atom. The van der Waals surface area contributed by atoms with E-state index in [9.17, 15) is 9.18 Å². The van der Waals surface area contributed by atoms with Gasteiger partial charge in [-0.3, -0.25) is 9.79 Å². The topological polar surface area (TPSA) is 32.7 Å². The highest BCUT2D eigenvalue weighted by Gasteiger charge is 2.25. The number of amides is 1. The van der Waals surface area contributed by atoms with E-state index in [1.54, 1.807) is 41.3 Å². The lowest BCUT2D eigenvalue weighted by atomic mass is 9.99. The van der Waals surface area contributed by atoms with E-state index >= 15 is 0 Å². The maximum absolute atomic E-state index is 14.2. The summed E-state index contributed by atoms with van der Waals surface area (Å²) < 4.78 is 14.2. The van der Waals surface area contributed by atoms with Crippen LogP contribution in [0.3, 0.4) is 0 Å². The fraction of sp³-hybridized carbons (Fsp3) is 0.222. The molecule has 0 spiro atoms. The summed E-state index contributed by atoms with van der Waals surface area (Å²) in [6.07, 6.45) is 0.822. The Labute approximate surface area is 139 Å². The van der Waals surface area contributed by atoms with E-state index in [-0.39, 0.29) is 18.3 Å². The molecule has 0 fully saturated rings. The second-order valence-electron chi connectivity index (χ2n) is 5.35. The minimum absolute atomic E-state index is 0.00400. The third-order valence-corrected chi connectivity index (χ3v) is 3.99. The van der Waals surface area contributed by atoms with Gasteiger partial charge in [-0.1, -0.05) is 30.7 Å². The fourth-order valence-corrected chi connectivity index (χ4v) is 2.91. The van der Waals surface area contributed by atoms with Crippen molar-refractivity contribution in [3.05, 3.63) is 64.4 Å². The lowest BCUT2D eigenvalue weighted by Crippen LogP contribution is -2.33. The molecule has 5 heteroatoms. The largest absolute Gasteiger partial charge is 0.310 e. The highest BCUT2D eigenvalue weighted by Crippen LogP contribution is 2.30. The highest BCUT2D eigenvalue weighted by atomic mass is 35.5. The first-order valence-corrected chi connectivity index (χ1v) is 7.89. The van der Waals surface area contributed by atoms with E-state index in [2.05, 4.69) is 4.99 Å². The molecule has 0 atom stereocenters. The van der Waals surface area contributed by atoms with Gasteiger partial charge in [0.25, 0.3) is 0 Å². The van der Waals surface area contributed by atoms with E-state index in [1.165, 1.54) is 6.07 Å². The summed E-state index contributed by atoms with van der Waals surface area (Å²) in [5.41, 5.74) is 2.25. The zero-order valence-electron chi connectivity index (χ0n) is 12.7. The van der Waals surface area contributed by atoms with Crippen molar-refractivity contribution < 1.29 is 9.18 Å². The van der Waals surface area contributed by atoms with Gasteiger partial charge in [0.2, 0.25) is 5.91 Å². The van der Waals surface area contributed by atoms with Gasteiger partial charge in [0.05, 0.1) is 11.4 Å². The number of carbonyl (C=O) groups excluding carboxylic acids is 1. The van der Waals surface area contributed by atoms with Gasteiger partial charge >= 0.3 is 0 Å². The molecule has 0 saturated carbocycles. The molecule has 0 N–H and O–H groups in total. The average Bonchev–Trinajstić information content (AvgIpc) is 2.66. The van der Waals surface area contributed by atoms with Crippen molar-refractivity contribution in [3.63, 3.8) is 0 Å². The number of nitrogens with zero attached hydrogens (tertiary/aromatic N) is 2. The van der Waals surface area contributed by atoms with Crippen molar-refractivity contribution in [2.45, 2.75) is 13.3 Å². The second-order valence-corrected chi connectivity index (χ2v) is 5.79. The molecule has 0 saturated heterocycles. The molecule has 1 aliphatic rings. The molecule has 118 valence electrons. The number of hydrogen-bond acceptors (Lipinski definition) is 2. The summed E-state index contributed by atoms with van der Waals surface area (Å²) >= 11 is 6.13. The third-order valence-electron chi connectivity index (χ3n) is 3.75. The molecule has 3 rings (SSSR count). The van der Waals surface area contributed by atoms with Gasteiger partial charge in [-0.15, -0.1) is 0 Å². The normalized spacial score (nSPS) is 14.3. The highest BCUT2D eigenvalue weighted by molar-refractivity contribution is 6.32. The standard InChI is InChI=1S/C18H16ClFN2O/c1-2-9-22-16-8-7-12(19)10-14(16)18(21-11-17(22)23)13-5-3-4-6-15(13)20/h3-8,10H,2,9,11H2,1H3. The van der Waals surface area contributed by atoms with Gasteiger partial charge in [-0.25, -0.2) is 4.39 Å². The van der Waals surface area contributed by atoms with Crippen molar-refractivity contribution in [1.82, 2.24) is 0 Å². The maximum Gasteiger partial charge on any atom is 0.248 e. The quantitative estimate of drug-likeness (QED) is 0.835. The number of halogens is 2. The van der Waals surface area contributed by atoms with Crippen LogP contribution in [0.4, 0.5) is 10.1 Å². The SMILES string of the molecule is CCCN1C(=O)CN=C(c2ccccc2F)c2cc(Cl)ccc21. The lowest BCUT2D eigenvalue weighted by Gasteiger charge is -2.22. The molecular weight excluding hydrogens is 315 g/mol. The van der Waals surface area contributed by atoms with Crippen LogP contribution in [0.15, 0.2) is 47.5 Å². The van der Waals surface area contributed by atoms with Gasteiger partial charge in [0, 0.05) is 22.7 Å². The molecule has 0 aromatic heterocycles. The van der Waals surface area contributed by atoms with Gasteiger partial charge in [0.15, 0.2) is 0 Å². The van der Waals surface area contributed by atoms with E-state index < -0.39 is 0 Å². The number of hydrogen-bond donors (Lipinski definition) is 0. The Hall–Kier alpha value is -2.20. The summed E-state index contributed by atoms with van der Waals surface area (Å²) in [5, 5.41) is 0.526. The fourth-order valence-electron chi connectivity index (χ4n) is 2.74. The minimum Gasteiger partial charge on any atom is -0.310 e. The molecule has 0 unspecified atom stereocenters. The van der Waals surface area contributed by atoms with Crippen LogP contribution >= 0.6 is 11.6 Å². The molecule has 1 heterocycles. The number of aliphatic imine (C=N–C) groups is 1. The van der Waals surface area contributed by atoms with Crippen LogP contribution in [0.2, 0.25) is 5.02 Å². The van der Waals surface area contributed by atoms with Gasteiger partial charge in [0.1, 0.15) is 12.4 Å². The maximum atomic E-state index is 14.2. The van der Waals surface area contributed by atoms with Gasteiger partial charge in [-0.05, 0) is 36.8 Å². The Bertz CT molecular complexity index is 788. The molecule has 0 radical (unpaired) electrons. The summed E-state index contributed by atoms with van der Waals surface area (Å²) in [7, 11) is 0. The average molecular weight is 331 g/mol. The first-order chi connectivity index (χ1) is 11.1. The lowest BCUT2D eigenvalue weighted by molar-refractivity contribution is -0.117. The zero-order valence-corrected chi connectivity index (χ0v) is 13.5. The number of benzene rings is 2. The van der Waals surface area contributed by atoms with E-state index in [1.807, 2.05) is 6.92 Å².